The molecule has 0 aliphatic carbocycles. The highest BCUT2D eigenvalue weighted by Crippen LogP contribution is 2.25. The third-order valence-corrected chi connectivity index (χ3v) is 3.54. The van der Waals surface area contributed by atoms with Gasteiger partial charge in [-0.1, -0.05) is 36.4 Å². The van der Waals surface area contributed by atoms with Crippen molar-refractivity contribution in [3.05, 3.63) is 61.1 Å². The molecule has 0 aliphatic heterocycles. The Morgan fingerprint density at radius 1 is 1.09 bits per heavy atom. The number of hydrogen-bond acceptors (Lipinski definition) is 4. The summed E-state index contributed by atoms with van der Waals surface area (Å²) in [4.78, 5) is 16.3. The summed E-state index contributed by atoms with van der Waals surface area (Å²) >= 11 is 0. The second-order valence-corrected chi connectivity index (χ2v) is 4.91. The van der Waals surface area contributed by atoms with Crippen LogP contribution in [0.1, 0.15) is 0 Å². The standard InChI is InChI=1S/C18H16N2O3/c1-22-11-17(18(21)23-2)20-12-19-15-9-8-14(10-16(15)20)13-6-4-3-5-7-13/h3-12H,1-2H3/b17-11-. The lowest BCUT2D eigenvalue weighted by atomic mass is 10.1. The number of rotatable bonds is 4. The average Bonchev–Trinajstić information content (AvgIpc) is 3.02. The van der Waals surface area contributed by atoms with Gasteiger partial charge >= 0.3 is 5.97 Å². The van der Waals surface area contributed by atoms with Crippen LogP contribution in [-0.2, 0) is 14.3 Å². The first-order chi connectivity index (χ1) is 11.2. The van der Waals surface area contributed by atoms with E-state index < -0.39 is 5.97 Å². The number of fused-ring (bicyclic) bond motifs is 1. The van der Waals surface area contributed by atoms with Crippen LogP contribution in [0.4, 0.5) is 0 Å². The zero-order valence-electron chi connectivity index (χ0n) is 12.9. The molecule has 0 atom stereocenters. The molecule has 3 aromatic rings. The Labute approximate surface area is 133 Å². The van der Waals surface area contributed by atoms with Crippen molar-refractivity contribution >= 4 is 22.7 Å². The summed E-state index contributed by atoms with van der Waals surface area (Å²) in [6.45, 7) is 0. The van der Waals surface area contributed by atoms with Crippen molar-refractivity contribution < 1.29 is 14.3 Å². The molecular formula is C18H16N2O3. The average molecular weight is 308 g/mol. The molecule has 2 aromatic carbocycles. The molecule has 1 heterocycles. The van der Waals surface area contributed by atoms with Gasteiger partial charge in [-0.05, 0) is 23.3 Å². The second-order valence-electron chi connectivity index (χ2n) is 4.91. The van der Waals surface area contributed by atoms with Crippen molar-refractivity contribution in [3.8, 4) is 11.1 Å². The summed E-state index contributed by atoms with van der Waals surface area (Å²) in [6.07, 6.45) is 2.93. The predicted octanol–water partition coefficient (Wildman–Crippen LogP) is 3.32. The number of ether oxygens (including phenoxy) is 2. The number of methoxy groups -OCH3 is 2. The molecule has 0 saturated heterocycles. The normalized spacial score (nSPS) is 11.5. The molecule has 0 aliphatic rings. The van der Waals surface area contributed by atoms with Crippen molar-refractivity contribution in [1.82, 2.24) is 9.55 Å². The number of esters is 1. The number of carbonyl (C=O) groups excluding carboxylic acids is 1. The minimum absolute atomic E-state index is 0.266. The summed E-state index contributed by atoms with van der Waals surface area (Å²) in [5.41, 5.74) is 4.00. The van der Waals surface area contributed by atoms with Crippen LogP contribution in [0.2, 0.25) is 0 Å². The van der Waals surface area contributed by atoms with Crippen molar-refractivity contribution in [3.63, 3.8) is 0 Å². The predicted molar refractivity (Wildman–Crippen MR) is 88.5 cm³/mol. The number of hydrogen-bond donors (Lipinski definition) is 0. The van der Waals surface area contributed by atoms with E-state index >= 15 is 0 Å². The Morgan fingerprint density at radius 2 is 1.87 bits per heavy atom. The van der Waals surface area contributed by atoms with E-state index in [1.54, 1.807) is 10.9 Å². The van der Waals surface area contributed by atoms with Gasteiger partial charge in [0.1, 0.15) is 12.6 Å². The van der Waals surface area contributed by atoms with Crippen LogP contribution < -0.4 is 0 Å². The van der Waals surface area contributed by atoms with Crippen LogP contribution in [-0.4, -0.2) is 29.7 Å². The van der Waals surface area contributed by atoms with Crippen LogP contribution in [0.5, 0.6) is 0 Å². The number of imidazole rings is 1. The van der Waals surface area contributed by atoms with Gasteiger partial charge in [0.25, 0.3) is 0 Å². The third-order valence-electron chi connectivity index (χ3n) is 3.54. The van der Waals surface area contributed by atoms with Gasteiger partial charge < -0.3 is 9.47 Å². The van der Waals surface area contributed by atoms with Gasteiger partial charge in [-0.3, -0.25) is 4.57 Å². The maximum atomic E-state index is 12.0. The zero-order valence-corrected chi connectivity index (χ0v) is 12.9. The van der Waals surface area contributed by atoms with Gasteiger partial charge in [0, 0.05) is 0 Å². The Bertz CT molecular complexity index is 866. The lowest BCUT2D eigenvalue weighted by Crippen LogP contribution is -2.10. The quantitative estimate of drug-likeness (QED) is 0.421. The van der Waals surface area contributed by atoms with E-state index in [4.69, 9.17) is 9.47 Å². The molecule has 0 amide bonds. The Balaban J connectivity index is 2.15. The molecule has 5 heteroatoms. The van der Waals surface area contributed by atoms with Gasteiger partial charge in [0.15, 0.2) is 5.70 Å². The molecule has 0 N–H and O–H groups in total. The summed E-state index contributed by atoms with van der Waals surface area (Å²) in [5, 5.41) is 0. The minimum Gasteiger partial charge on any atom is -0.502 e. The van der Waals surface area contributed by atoms with E-state index in [0.29, 0.717) is 0 Å². The first kappa shape index (κ1) is 14.8. The van der Waals surface area contributed by atoms with Crippen LogP contribution in [0.25, 0.3) is 27.9 Å². The molecule has 0 bridgehead atoms. The number of aromatic nitrogens is 2. The van der Waals surface area contributed by atoms with Crippen LogP contribution in [0.3, 0.4) is 0 Å². The van der Waals surface area contributed by atoms with E-state index in [1.165, 1.54) is 20.5 Å². The lowest BCUT2D eigenvalue weighted by molar-refractivity contribution is -0.134. The third kappa shape index (κ3) is 2.81. The van der Waals surface area contributed by atoms with E-state index in [1.807, 2.05) is 48.5 Å². The topological polar surface area (TPSA) is 53.4 Å². The highest BCUT2D eigenvalue weighted by atomic mass is 16.5. The lowest BCUT2D eigenvalue weighted by Gasteiger charge is -2.08. The molecule has 116 valence electrons. The first-order valence-corrected chi connectivity index (χ1v) is 7.09. The molecule has 0 fully saturated rings. The van der Waals surface area contributed by atoms with Crippen LogP contribution in [0, 0.1) is 0 Å². The Hall–Kier alpha value is -3.08. The van der Waals surface area contributed by atoms with Gasteiger partial charge in [-0.15, -0.1) is 0 Å². The molecule has 0 spiro atoms. The Morgan fingerprint density at radius 3 is 2.57 bits per heavy atom. The Kier molecular flexibility index (Phi) is 4.10. The summed E-state index contributed by atoms with van der Waals surface area (Å²) in [6, 6.07) is 15.9. The fourth-order valence-electron chi connectivity index (χ4n) is 2.43. The number of benzene rings is 2. The van der Waals surface area contributed by atoms with Crippen molar-refractivity contribution in [2.24, 2.45) is 0 Å². The SMILES string of the molecule is CO/C=C(/C(=O)OC)n1cnc2ccc(-c3ccccc3)cc21. The highest BCUT2D eigenvalue weighted by Gasteiger charge is 2.16. The van der Waals surface area contributed by atoms with E-state index in [2.05, 4.69) is 4.98 Å². The molecule has 5 nitrogen and oxygen atoms in total. The summed E-state index contributed by atoms with van der Waals surface area (Å²) < 4.78 is 11.5. The van der Waals surface area contributed by atoms with Gasteiger partial charge in [-0.25, -0.2) is 9.78 Å². The summed E-state index contributed by atoms with van der Waals surface area (Å²) in [7, 11) is 2.82. The minimum atomic E-state index is -0.490. The molecule has 0 saturated carbocycles. The molecule has 0 radical (unpaired) electrons. The molecular weight excluding hydrogens is 292 g/mol. The number of carbonyl (C=O) groups is 1. The molecule has 3 rings (SSSR count). The highest BCUT2D eigenvalue weighted by molar-refractivity contribution is 6.11. The van der Waals surface area contributed by atoms with Gasteiger partial charge in [0.2, 0.25) is 0 Å². The maximum absolute atomic E-state index is 12.0. The molecule has 0 unspecified atom stereocenters. The fraction of sp³-hybridized carbons (Fsp3) is 0.111. The summed E-state index contributed by atoms with van der Waals surface area (Å²) in [5.74, 6) is -0.490. The maximum Gasteiger partial charge on any atom is 0.358 e. The van der Waals surface area contributed by atoms with Crippen LogP contribution >= 0.6 is 0 Å². The first-order valence-electron chi connectivity index (χ1n) is 7.09. The smallest absolute Gasteiger partial charge is 0.358 e. The van der Waals surface area contributed by atoms with E-state index in [0.717, 1.165) is 22.2 Å². The molecule has 1 aromatic heterocycles. The molecule has 23 heavy (non-hydrogen) atoms. The van der Waals surface area contributed by atoms with Crippen molar-refractivity contribution in [2.75, 3.05) is 14.2 Å². The van der Waals surface area contributed by atoms with Crippen LogP contribution in [0.15, 0.2) is 61.1 Å². The monoisotopic (exact) mass is 308 g/mol. The van der Waals surface area contributed by atoms with Gasteiger partial charge in [0.05, 0.1) is 25.3 Å². The van der Waals surface area contributed by atoms with Gasteiger partial charge in [-0.2, -0.15) is 0 Å². The number of nitrogens with zero attached hydrogens (tertiary/aromatic N) is 2. The second kappa shape index (κ2) is 6.36. The van der Waals surface area contributed by atoms with E-state index in [-0.39, 0.29) is 5.70 Å². The zero-order chi connectivity index (χ0) is 16.2. The fourth-order valence-corrected chi connectivity index (χ4v) is 2.43. The largest absolute Gasteiger partial charge is 0.502 e. The van der Waals surface area contributed by atoms with Crippen molar-refractivity contribution in [2.45, 2.75) is 0 Å². The van der Waals surface area contributed by atoms with E-state index in [9.17, 15) is 4.79 Å². The van der Waals surface area contributed by atoms with Crippen molar-refractivity contribution in [1.29, 1.82) is 0 Å².